The van der Waals surface area contributed by atoms with Gasteiger partial charge in [0.2, 0.25) is 0 Å². The van der Waals surface area contributed by atoms with Crippen molar-refractivity contribution in [3.63, 3.8) is 0 Å². The van der Waals surface area contributed by atoms with Gasteiger partial charge >= 0.3 is 0 Å². The van der Waals surface area contributed by atoms with Gasteiger partial charge in [-0.05, 0) is 42.2 Å². The second kappa shape index (κ2) is 5.39. The van der Waals surface area contributed by atoms with E-state index in [1.165, 1.54) is 36.8 Å². The van der Waals surface area contributed by atoms with Gasteiger partial charge in [0.15, 0.2) is 0 Å². The van der Waals surface area contributed by atoms with Gasteiger partial charge in [0.25, 0.3) is 0 Å². The van der Waals surface area contributed by atoms with E-state index in [9.17, 15) is 0 Å². The van der Waals surface area contributed by atoms with Crippen LogP contribution >= 0.6 is 0 Å². The monoisotopic (exact) mass is 236 g/mol. The lowest BCUT2D eigenvalue weighted by Crippen LogP contribution is -2.12. The molecule has 0 spiro atoms. The largest absolute Gasteiger partial charge is 0.0622 e. The average Bonchev–Trinajstić information content (AvgIpc) is 2.49. The molecule has 1 saturated carbocycles. The van der Waals surface area contributed by atoms with E-state index in [0.29, 0.717) is 0 Å². The summed E-state index contributed by atoms with van der Waals surface area (Å²) < 4.78 is 0. The molecule has 0 bridgehead atoms. The fraction of sp³-hybridized carbons (Fsp3) is 0.333. The molecule has 2 atom stereocenters. The number of rotatable bonds is 2. The topological polar surface area (TPSA) is 0 Å². The van der Waals surface area contributed by atoms with E-state index < -0.39 is 0 Å². The first-order valence-corrected chi connectivity index (χ1v) is 7.03. The smallest absolute Gasteiger partial charge is 0.0156 e. The van der Waals surface area contributed by atoms with Crippen molar-refractivity contribution in [2.75, 3.05) is 0 Å². The minimum atomic E-state index is 0.755. The predicted molar refractivity (Wildman–Crippen MR) is 76.8 cm³/mol. The van der Waals surface area contributed by atoms with E-state index in [0.717, 1.165) is 11.8 Å². The van der Waals surface area contributed by atoms with Gasteiger partial charge in [0.1, 0.15) is 0 Å². The Bertz CT molecular complexity index is 426. The third kappa shape index (κ3) is 2.48. The molecular formula is C18H20. The summed E-state index contributed by atoms with van der Waals surface area (Å²) in [5, 5.41) is 0. The van der Waals surface area contributed by atoms with Crippen LogP contribution in [-0.2, 0) is 0 Å². The first-order valence-electron chi connectivity index (χ1n) is 7.03. The van der Waals surface area contributed by atoms with E-state index in [1.54, 1.807) is 0 Å². The Balaban J connectivity index is 1.77. The minimum absolute atomic E-state index is 0.755. The summed E-state index contributed by atoms with van der Waals surface area (Å²) in [5.74, 6) is 1.51. The molecule has 92 valence electrons. The molecule has 18 heavy (non-hydrogen) atoms. The predicted octanol–water partition coefficient (Wildman–Crippen LogP) is 5.13. The highest BCUT2D eigenvalue weighted by Crippen LogP contribution is 2.40. The van der Waals surface area contributed by atoms with Crippen LogP contribution in [0.1, 0.15) is 48.6 Å². The molecule has 2 aromatic carbocycles. The molecule has 0 saturated heterocycles. The standard InChI is InChI=1S/C18H20/c1-3-8-15(9-4-1)17-12-7-13-18(14-17)16-10-5-2-6-11-16/h1-6,8-11,17-18H,7,12-14H2. The highest BCUT2D eigenvalue weighted by atomic mass is 14.3. The summed E-state index contributed by atoms with van der Waals surface area (Å²) in [6.07, 6.45) is 5.38. The molecule has 0 aromatic heterocycles. The summed E-state index contributed by atoms with van der Waals surface area (Å²) in [4.78, 5) is 0. The maximum atomic E-state index is 2.29. The van der Waals surface area contributed by atoms with E-state index in [4.69, 9.17) is 0 Å². The zero-order chi connectivity index (χ0) is 12.2. The summed E-state index contributed by atoms with van der Waals surface area (Å²) in [6, 6.07) is 22.1. The molecular weight excluding hydrogens is 216 g/mol. The third-order valence-corrected chi connectivity index (χ3v) is 4.22. The molecule has 2 unspecified atom stereocenters. The Labute approximate surface area is 110 Å². The van der Waals surface area contributed by atoms with Crippen LogP contribution in [0.25, 0.3) is 0 Å². The Morgan fingerprint density at radius 1 is 0.611 bits per heavy atom. The molecule has 2 aromatic rings. The quantitative estimate of drug-likeness (QED) is 0.678. The fourth-order valence-corrected chi connectivity index (χ4v) is 3.25. The zero-order valence-electron chi connectivity index (χ0n) is 10.8. The van der Waals surface area contributed by atoms with E-state index in [1.807, 2.05) is 0 Å². The van der Waals surface area contributed by atoms with Crippen molar-refractivity contribution in [3.05, 3.63) is 71.8 Å². The summed E-state index contributed by atoms with van der Waals surface area (Å²) >= 11 is 0. The van der Waals surface area contributed by atoms with Crippen LogP contribution in [0, 0.1) is 0 Å². The van der Waals surface area contributed by atoms with Crippen molar-refractivity contribution in [2.45, 2.75) is 37.5 Å². The maximum Gasteiger partial charge on any atom is -0.0156 e. The van der Waals surface area contributed by atoms with Crippen molar-refractivity contribution in [1.82, 2.24) is 0 Å². The van der Waals surface area contributed by atoms with Crippen LogP contribution in [-0.4, -0.2) is 0 Å². The maximum absolute atomic E-state index is 2.29. The van der Waals surface area contributed by atoms with Crippen molar-refractivity contribution >= 4 is 0 Å². The van der Waals surface area contributed by atoms with Gasteiger partial charge < -0.3 is 0 Å². The molecule has 1 aliphatic carbocycles. The summed E-state index contributed by atoms with van der Waals surface area (Å²) in [6.45, 7) is 0. The average molecular weight is 236 g/mol. The number of hydrogen-bond donors (Lipinski definition) is 0. The Morgan fingerprint density at radius 3 is 1.50 bits per heavy atom. The lowest BCUT2D eigenvalue weighted by molar-refractivity contribution is 0.394. The molecule has 1 aliphatic rings. The van der Waals surface area contributed by atoms with Gasteiger partial charge in [0, 0.05) is 0 Å². The normalized spacial score (nSPS) is 23.8. The van der Waals surface area contributed by atoms with Gasteiger partial charge in [-0.15, -0.1) is 0 Å². The second-order valence-electron chi connectivity index (χ2n) is 5.38. The van der Waals surface area contributed by atoms with Crippen LogP contribution in [0.4, 0.5) is 0 Å². The van der Waals surface area contributed by atoms with Gasteiger partial charge in [-0.2, -0.15) is 0 Å². The van der Waals surface area contributed by atoms with Gasteiger partial charge in [-0.25, -0.2) is 0 Å². The van der Waals surface area contributed by atoms with Crippen molar-refractivity contribution in [1.29, 1.82) is 0 Å². The molecule has 0 heteroatoms. The highest BCUT2D eigenvalue weighted by molar-refractivity contribution is 5.24. The summed E-state index contributed by atoms with van der Waals surface area (Å²) in [7, 11) is 0. The lowest BCUT2D eigenvalue weighted by atomic mass is 9.75. The fourth-order valence-electron chi connectivity index (χ4n) is 3.25. The van der Waals surface area contributed by atoms with Crippen LogP contribution in [0.15, 0.2) is 60.7 Å². The second-order valence-corrected chi connectivity index (χ2v) is 5.38. The Hall–Kier alpha value is -1.56. The third-order valence-electron chi connectivity index (χ3n) is 4.22. The van der Waals surface area contributed by atoms with Crippen molar-refractivity contribution in [2.24, 2.45) is 0 Å². The molecule has 1 fully saturated rings. The Kier molecular flexibility index (Phi) is 3.45. The lowest BCUT2D eigenvalue weighted by Gasteiger charge is -2.29. The number of hydrogen-bond acceptors (Lipinski definition) is 0. The van der Waals surface area contributed by atoms with Gasteiger partial charge in [-0.3, -0.25) is 0 Å². The first kappa shape index (κ1) is 11.5. The van der Waals surface area contributed by atoms with E-state index in [-0.39, 0.29) is 0 Å². The molecule has 0 heterocycles. The molecule has 0 radical (unpaired) electrons. The van der Waals surface area contributed by atoms with Gasteiger partial charge in [0.05, 0.1) is 0 Å². The molecule has 3 rings (SSSR count). The van der Waals surface area contributed by atoms with Crippen LogP contribution in [0.3, 0.4) is 0 Å². The number of benzene rings is 2. The van der Waals surface area contributed by atoms with E-state index >= 15 is 0 Å². The molecule has 0 aliphatic heterocycles. The molecule has 0 amide bonds. The van der Waals surface area contributed by atoms with Gasteiger partial charge in [-0.1, -0.05) is 67.1 Å². The van der Waals surface area contributed by atoms with E-state index in [2.05, 4.69) is 60.7 Å². The zero-order valence-corrected chi connectivity index (χ0v) is 10.8. The van der Waals surface area contributed by atoms with Crippen LogP contribution in [0.5, 0.6) is 0 Å². The molecule has 0 N–H and O–H groups in total. The summed E-state index contributed by atoms with van der Waals surface area (Å²) in [5.41, 5.74) is 3.05. The van der Waals surface area contributed by atoms with Crippen molar-refractivity contribution < 1.29 is 0 Å². The molecule has 0 nitrogen and oxygen atoms in total. The SMILES string of the molecule is c1ccc(C2CCCC(c3ccccc3)C2)cc1. The first-order chi connectivity index (χ1) is 8.93. The Morgan fingerprint density at radius 2 is 1.06 bits per heavy atom. The van der Waals surface area contributed by atoms with Crippen LogP contribution < -0.4 is 0 Å². The van der Waals surface area contributed by atoms with Crippen molar-refractivity contribution in [3.8, 4) is 0 Å². The highest BCUT2D eigenvalue weighted by Gasteiger charge is 2.23. The minimum Gasteiger partial charge on any atom is -0.0622 e. The van der Waals surface area contributed by atoms with Crippen LogP contribution in [0.2, 0.25) is 0 Å².